The second kappa shape index (κ2) is 8.45. The molecule has 2 aromatic carbocycles. The van der Waals surface area contributed by atoms with Gasteiger partial charge in [-0.1, -0.05) is 6.07 Å². The predicted molar refractivity (Wildman–Crippen MR) is 116 cm³/mol. The number of carbonyl (C=O) groups excluding carboxylic acids is 4. The van der Waals surface area contributed by atoms with Crippen LogP contribution in [0.3, 0.4) is 0 Å². The predicted octanol–water partition coefficient (Wildman–Crippen LogP) is 2.39. The van der Waals surface area contributed by atoms with E-state index >= 15 is 0 Å². The lowest BCUT2D eigenvalue weighted by Crippen LogP contribution is -2.42. The van der Waals surface area contributed by atoms with Crippen molar-refractivity contribution >= 4 is 29.5 Å². The van der Waals surface area contributed by atoms with Crippen LogP contribution < -0.4 is 20.1 Å². The highest BCUT2D eigenvalue weighted by molar-refractivity contribution is 6.10. The van der Waals surface area contributed by atoms with E-state index in [0.29, 0.717) is 28.3 Å². The van der Waals surface area contributed by atoms with E-state index in [1.54, 1.807) is 39.0 Å². The first-order valence-electron chi connectivity index (χ1n) is 10.3. The minimum atomic E-state index is -1.35. The molecule has 0 spiro atoms. The van der Waals surface area contributed by atoms with Crippen molar-refractivity contribution in [3.8, 4) is 11.5 Å². The fraction of sp³-hybridized carbons (Fsp3) is 0.304. The third-order valence-electron chi connectivity index (χ3n) is 5.27. The zero-order valence-electron chi connectivity index (χ0n) is 18.3. The molecule has 4 amide bonds. The fourth-order valence-corrected chi connectivity index (χ4v) is 3.56. The summed E-state index contributed by atoms with van der Waals surface area (Å²) in [6.45, 7) is 4.68. The Labute approximate surface area is 189 Å². The Morgan fingerprint density at radius 1 is 1.12 bits per heavy atom. The van der Waals surface area contributed by atoms with Crippen LogP contribution >= 0.6 is 0 Å². The van der Waals surface area contributed by atoms with Crippen molar-refractivity contribution in [2.45, 2.75) is 32.4 Å². The summed E-state index contributed by atoms with van der Waals surface area (Å²) in [5, 5.41) is 5.27. The van der Waals surface area contributed by atoms with Crippen molar-refractivity contribution in [1.29, 1.82) is 0 Å². The van der Waals surface area contributed by atoms with E-state index in [1.165, 1.54) is 24.3 Å². The summed E-state index contributed by atoms with van der Waals surface area (Å²) < 4.78 is 15.8. The van der Waals surface area contributed by atoms with Gasteiger partial charge in [0.1, 0.15) is 12.1 Å². The molecule has 33 heavy (non-hydrogen) atoms. The Kier molecular flexibility index (Phi) is 5.67. The van der Waals surface area contributed by atoms with E-state index in [-0.39, 0.29) is 12.9 Å². The standard InChI is InChI=1S/C23H23N3O7/c1-13(2)33-20(28)14-4-7-16(8-5-14)24-19(27)11-26-21(29)23(3,25-22(26)30)15-6-9-17-18(10-15)32-12-31-17/h4-10,13H,11-12H2,1-3H3,(H,24,27)(H,25,30)/t23-/m0/s1. The Balaban J connectivity index is 1.41. The summed E-state index contributed by atoms with van der Waals surface area (Å²) in [6, 6.07) is 10.4. The monoisotopic (exact) mass is 453 g/mol. The summed E-state index contributed by atoms with van der Waals surface area (Å²) in [5.41, 5.74) is -0.0876. The molecule has 10 heteroatoms. The number of urea groups is 1. The fourth-order valence-electron chi connectivity index (χ4n) is 3.56. The van der Waals surface area contributed by atoms with Crippen LogP contribution in [0.25, 0.3) is 0 Å². The maximum Gasteiger partial charge on any atom is 0.338 e. The van der Waals surface area contributed by atoms with Crippen molar-refractivity contribution in [3.05, 3.63) is 53.6 Å². The lowest BCUT2D eigenvalue weighted by molar-refractivity contribution is -0.133. The summed E-state index contributed by atoms with van der Waals surface area (Å²) in [6.07, 6.45) is -0.246. The van der Waals surface area contributed by atoms with E-state index in [2.05, 4.69) is 10.6 Å². The van der Waals surface area contributed by atoms with Gasteiger partial charge in [0.2, 0.25) is 12.7 Å². The minimum absolute atomic E-state index is 0.0853. The van der Waals surface area contributed by atoms with Crippen LogP contribution in [0.15, 0.2) is 42.5 Å². The number of benzene rings is 2. The Hall–Kier alpha value is -4.08. The molecule has 172 valence electrons. The largest absolute Gasteiger partial charge is 0.459 e. The zero-order chi connectivity index (χ0) is 23.8. The van der Waals surface area contributed by atoms with Gasteiger partial charge in [-0.25, -0.2) is 9.59 Å². The van der Waals surface area contributed by atoms with Crippen LogP contribution in [-0.4, -0.2) is 48.2 Å². The number of hydrogen-bond donors (Lipinski definition) is 2. The number of anilines is 1. The Morgan fingerprint density at radius 3 is 2.52 bits per heavy atom. The Bertz CT molecular complexity index is 1130. The molecule has 2 heterocycles. The third kappa shape index (κ3) is 4.32. The average Bonchev–Trinajstić information content (AvgIpc) is 3.32. The van der Waals surface area contributed by atoms with E-state index in [1.807, 2.05) is 0 Å². The zero-order valence-corrected chi connectivity index (χ0v) is 18.3. The highest BCUT2D eigenvalue weighted by Crippen LogP contribution is 2.37. The molecule has 1 fully saturated rings. The van der Waals surface area contributed by atoms with Crippen molar-refractivity contribution in [3.63, 3.8) is 0 Å². The molecule has 0 saturated carbocycles. The lowest BCUT2D eigenvalue weighted by Gasteiger charge is -2.22. The molecule has 0 bridgehead atoms. The number of nitrogens with zero attached hydrogens (tertiary/aromatic N) is 1. The maximum absolute atomic E-state index is 13.1. The number of rotatable bonds is 6. The van der Waals surface area contributed by atoms with Crippen molar-refractivity contribution in [1.82, 2.24) is 10.2 Å². The lowest BCUT2D eigenvalue weighted by atomic mass is 9.91. The first kappa shape index (κ1) is 22.1. The smallest absolute Gasteiger partial charge is 0.338 e. The average molecular weight is 453 g/mol. The van der Waals surface area contributed by atoms with Gasteiger partial charge in [-0.3, -0.25) is 14.5 Å². The number of ether oxygens (including phenoxy) is 3. The van der Waals surface area contributed by atoms with Crippen LogP contribution in [0.1, 0.15) is 36.7 Å². The summed E-state index contributed by atoms with van der Waals surface area (Å²) in [7, 11) is 0. The summed E-state index contributed by atoms with van der Waals surface area (Å²) >= 11 is 0. The van der Waals surface area contributed by atoms with E-state index in [4.69, 9.17) is 14.2 Å². The van der Waals surface area contributed by atoms with Crippen LogP contribution in [0.2, 0.25) is 0 Å². The van der Waals surface area contributed by atoms with E-state index < -0.39 is 35.9 Å². The molecule has 1 saturated heterocycles. The van der Waals surface area contributed by atoms with E-state index in [9.17, 15) is 19.2 Å². The van der Waals surface area contributed by atoms with Gasteiger partial charge in [0, 0.05) is 5.69 Å². The highest BCUT2D eigenvalue weighted by Gasteiger charge is 2.49. The molecule has 10 nitrogen and oxygen atoms in total. The number of fused-ring (bicyclic) bond motifs is 1. The molecule has 0 radical (unpaired) electrons. The van der Waals surface area contributed by atoms with Crippen LogP contribution in [0.4, 0.5) is 10.5 Å². The first-order valence-corrected chi connectivity index (χ1v) is 10.3. The van der Waals surface area contributed by atoms with Crippen LogP contribution in [0.5, 0.6) is 11.5 Å². The van der Waals surface area contributed by atoms with Crippen molar-refractivity contribution < 1.29 is 33.4 Å². The van der Waals surface area contributed by atoms with Gasteiger partial charge >= 0.3 is 12.0 Å². The molecule has 0 aliphatic carbocycles. The van der Waals surface area contributed by atoms with Gasteiger partial charge in [0.05, 0.1) is 11.7 Å². The molecule has 2 aromatic rings. The van der Waals surface area contributed by atoms with Crippen molar-refractivity contribution in [2.24, 2.45) is 0 Å². The normalized spacial score (nSPS) is 19.0. The number of carbonyl (C=O) groups is 4. The second-order valence-corrected chi connectivity index (χ2v) is 8.09. The Morgan fingerprint density at radius 2 is 1.82 bits per heavy atom. The second-order valence-electron chi connectivity index (χ2n) is 8.09. The SMILES string of the molecule is CC(C)OC(=O)c1ccc(NC(=O)CN2C(=O)N[C@@](C)(c3ccc4c(c3)OCO4)C2=O)cc1. The van der Waals surface area contributed by atoms with Gasteiger partial charge in [-0.2, -0.15) is 0 Å². The first-order chi connectivity index (χ1) is 15.7. The number of imide groups is 1. The molecule has 2 aliphatic heterocycles. The van der Waals surface area contributed by atoms with Crippen LogP contribution in [0, 0.1) is 0 Å². The molecule has 2 aliphatic rings. The molecular formula is C23H23N3O7. The van der Waals surface area contributed by atoms with Crippen molar-refractivity contribution in [2.75, 3.05) is 18.7 Å². The third-order valence-corrected chi connectivity index (χ3v) is 5.27. The van der Waals surface area contributed by atoms with Gasteiger partial charge in [0.15, 0.2) is 11.5 Å². The molecule has 2 N–H and O–H groups in total. The number of hydrogen-bond acceptors (Lipinski definition) is 7. The minimum Gasteiger partial charge on any atom is -0.459 e. The molecule has 4 rings (SSSR count). The number of nitrogens with one attached hydrogen (secondary N) is 2. The molecule has 0 unspecified atom stereocenters. The van der Waals surface area contributed by atoms with Gasteiger partial charge in [-0.15, -0.1) is 0 Å². The van der Waals surface area contributed by atoms with Gasteiger partial charge in [-0.05, 0) is 62.7 Å². The molecule has 1 atom stereocenters. The topological polar surface area (TPSA) is 123 Å². The summed E-state index contributed by atoms with van der Waals surface area (Å²) in [5.74, 6) is -0.559. The number of esters is 1. The van der Waals surface area contributed by atoms with Crippen LogP contribution in [-0.2, 0) is 19.9 Å². The van der Waals surface area contributed by atoms with E-state index in [0.717, 1.165) is 4.90 Å². The summed E-state index contributed by atoms with van der Waals surface area (Å²) in [4.78, 5) is 50.9. The van der Waals surface area contributed by atoms with Gasteiger partial charge in [0.25, 0.3) is 5.91 Å². The number of amides is 4. The van der Waals surface area contributed by atoms with Gasteiger partial charge < -0.3 is 24.8 Å². The molecule has 0 aromatic heterocycles. The highest BCUT2D eigenvalue weighted by atomic mass is 16.7. The quantitative estimate of drug-likeness (QED) is 0.508. The maximum atomic E-state index is 13.1. The molecular weight excluding hydrogens is 430 g/mol.